The predicted octanol–water partition coefficient (Wildman–Crippen LogP) is 4.52. The van der Waals surface area contributed by atoms with E-state index in [4.69, 9.17) is 23.2 Å². The van der Waals surface area contributed by atoms with Crippen LogP contribution in [0.2, 0.25) is 10.0 Å². The molecule has 21 heavy (non-hydrogen) atoms. The fourth-order valence-corrected chi connectivity index (χ4v) is 3.18. The van der Waals surface area contributed by atoms with E-state index in [1.807, 2.05) is 25.2 Å². The Kier molecular flexibility index (Phi) is 7.49. The maximum Gasteiger partial charge on any atom is 0.0595 e. The van der Waals surface area contributed by atoms with Gasteiger partial charge in [0.2, 0.25) is 0 Å². The minimum Gasteiger partial charge on any atom is -0.396 e. The lowest BCUT2D eigenvalue weighted by atomic mass is 9.67. The molecule has 0 aromatic heterocycles. The van der Waals surface area contributed by atoms with Gasteiger partial charge in [0.25, 0.3) is 0 Å². The van der Waals surface area contributed by atoms with E-state index < -0.39 is 0 Å². The van der Waals surface area contributed by atoms with Crippen LogP contribution in [0.1, 0.15) is 39.2 Å². The van der Waals surface area contributed by atoms with Gasteiger partial charge in [-0.1, -0.05) is 56.5 Å². The smallest absolute Gasteiger partial charge is 0.0595 e. The van der Waals surface area contributed by atoms with Crippen LogP contribution in [0.3, 0.4) is 0 Å². The minimum atomic E-state index is -0.137. The van der Waals surface area contributed by atoms with E-state index in [1.54, 1.807) is 0 Å². The van der Waals surface area contributed by atoms with Crippen molar-refractivity contribution < 1.29 is 5.11 Å². The number of likely N-dealkylation sites (N-methyl/N-ethyl adjacent to an activating group) is 1. The standard InChI is InChI=1S/C17H27Cl2NO/c1-12(2)7-8-17(11-20-4,13(3)10-21)14-5-6-15(18)16(19)9-14/h5-6,9,12-13,20-21H,7-8,10-11H2,1-4H3/t13-,17-/m0/s1. The molecule has 4 heteroatoms. The first-order valence-electron chi connectivity index (χ1n) is 7.58. The summed E-state index contributed by atoms with van der Waals surface area (Å²) in [6.07, 6.45) is 2.11. The van der Waals surface area contributed by atoms with E-state index in [0.29, 0.717) is 16.0 Å². The molecular weight excluding hydrogens is 305 g/mol. The second-order valence-corrected chi connectivity index (χ2v) is 7.15. The van der Waals surface area contributed by atoms with Crippen molar-refractivity contribution in [2.75, 3.05) is 20.2 Å². The summed E-state index contributed by atoms with van der Waals surface area (Å²) in [5, 5.41) is 14.2. The van der Waals surface area contributed by atoms with Gasteiger partial charge in [0.1, 0.15) is 0 Å². The number of aliphatic hydroxyl groups is 1. The molecule has 0 bridgehead atoms. The highest BCUT2D eigenvalue weighted by molar-refractivity contribution is 6.42. The molecule has 0 radical (unpaired) electrons. The van der Waals surface area contributed by atoms with Crippen LogP contribution in [-0.2, 0) is 5.41 Å². The SMILES string of the molecule is CNC[C@](CCC(C)C)(c1ccc(Cl)c(Cl)c1)[C@@H](C)CO. The zero-order chi connectivity index (χ0) is 16.0. The second-order valence-electron chi connectivity index (χ2n) is 6.33. The van der Waals surface area contributed by atoms with Gasteiger partial charge in [-0.3, -0.25) is 0 Å². The average molecular weight is 332 g/mol. The number of rotatable bonds is 8. The molecule has 1 rings (SSSR count). The number of halogens is 2. The first kappa shape index (κ1) is 18.8. The lowest BCUT2D eigenvalue weighted by Crippen LogP contribution is -2.44. The molecule has 2 N–H and O–H groups in total. The Hall–Kier alpha value is -0.280. The largest absolute Gasteiger partial charge is 0.396 e. The molecule has 0 aliphatic rings. The third-order valence-corrected chi connectivity index (χ3v) is 5.11. The Morgan fingerprint density at radius 3 is 2.33 bits per heavy atom. The molecular formula is C17H27Cl2NO. The molecule has 0 aliphatic heterocycles. The van der Waals surface area contributed by atoms with Crippen molar-refractivity contribution in [2.45, 2.75) is 39.0 Å². The normalized spacial score (nSPS) is 16.0. The van der Waals surface area contributed by atoms with Crippen molar-refractivity contribution in [3.63, 3.8) is 0 Å². The van der Waals surface area contributed by atoms with Gasteiger partial charge in [-0.25, -0.2) is 0 Å². The van der Waals surface area contributed by atoms with Crippen LogP contribution in [0.5, 0.6) is 0 Å². The molecule has 0 unspecified atom stereocenters. The Bertz CT molecular complexity index is 450. The fourth-order valence-electron chi connectivity index (χ4n) is 2.88. The number of hydrogen-bond donors (Lipinski definition) is 2. The third kappa shape index (κ3) is 4.59. The summed E-state index contributed by atoms with van der Waals surface area (Å²) in [5.74, 6) is 0.760. The van der Waals surface area contributed by atoms with Gasteiger partial charge in [-0.2, -0.15) is 0 Å². The Morgan fingerprint density at radius 1 is 1.19 bits per heavy atom. The summed E-state index contributed by atoms with van der Waals surface area (Å²) in [5.41, 5.74) is 1.01. The molecule has 1 aromatic rings. The van der Waals surface area contributed by atoms with Gasteiger partial charge < -0.3 is 10.4 Å². The van der Waals surface area contributed by atoms with Crippen LogP contribution in [0.15, 0.2) is 18.2 Å². The van der Waals surface area contributed by atoms with Crippen LogP contribution < -0.4 is 5.32 Å². The van der Waals surface area contributed by atoms with Crippen LogP contribution in [0, 0.1) is 11.8 Å². The van der Waals surface area contributed by atoms with E-state index in [-0.39, 0.29) is 17.9 Å². The average Bonchev–Trinajstić information content (AvgIpc) is 2.45. The van der Waals surface area contributed by atoms with E-state index in [9.17, 15) is 5.11 Å². The van der Waals surface area contributed by atoms with Crippen LogP contribution >= 0.6 is 23.2 Å². The third-order valence-electron chi connectivity index (χ3n) is 4.37. The number of nitrogens with one attached hydrogen (secondary N) is 1. The summed E-state index contributed by atoms with van der Waals surface area (Å²) in [7, 11) is 1.95. The first-order valence-corrected chi connectivity index (χ1v) is 8.34. The zero-order valence-corrected chi connectivity index (χ0v) is 14.9. The summed E-state index contributed by atoms with van der Waals surface area (Å²) in [4.78, 5) is 0. The molecule has 0 aliphatic carbocycles. The van der Waals surface area contributed by atoms with Crippen LogP contribution in [0.4, 0.5) is 0 Å². The molecule has 0 heterocycles. The lowest BCUT2D eigenvalue weighted by Gasteiger charge is -2.40. The summed E-state index contributed by atoms with van der Waals surface area (Å²) in [6, 6.07) is 5.84. The van der Waals surface area contributed by atoms with E-state index in [1.165, 1.54) is 0 Å². The Morgan fingerprint density at radius 2 is 1.86 bits per heavy atom. The minimum absolute atomic E-state index is 0.137. The molecule has 0 saturated heterocycles. The topological polar surface area (TPSA) is 32.3 Å². The molecule has 0 spiro atoms. The quantitative estimate of drug-likeness (QED) is 0.734. The number of aliphatic hydroxyl groups excluding tert-OH is 1. The summed E-state index contributed by atoms with van der Waals surface area (Å²) >= 11 is 12.3. The molecule has 2 atom stereocenters. The van der Waals surface area contributed by atoms with Crippen molar-refractivity contribution >= 4 is 23.2 Å². The number of hydrogen-bond acceptors (Lipinski definition) is 2. The summed E-state index contributed by atoms with van der Waals surface area (Å²) in [6.45, 7) is 7.50. The van der Waals surface area contributed by atoms with Crippen molar-refractivity contribution in [3.05, 3.63) is 33.8 Å². The van der Waals surface area contributed by atoms with E-state index in [2.05, 4.69) is 26.1 Å². The van der Waals surface area contributed by atoms with Gasteiger partial charge in [0.15, 0.2) is 0 Å². The number of benzene rings is 1. The highest BCUT2D eigenvalue weighted by Gasteiger charge is 2.37. The molecule has 2 nitrogen and oxygen atoms in total. The fraction of sp³-hybridized carbons (Fsp3) is 0.647. The molecule has 120 valence electrons. The monoisotopic (exact) mass is 331 g/mol. The van der Waals surface area contributed by atoms with Gasteiger partial charge in [0.05, 0.1) is 10.0 Å². The summed E-state index contributed by atoms with van der Waals surface area (Å²) < 4.78 is 0. The van der Waals surface area contributed by atoms with E-state index >= 15 is 0 Å². The second kappa shape index (κ2) is 8.38. The molecule has 0 fully saturated rings. The molecule has 0 saturated carbocycles. The van der Waals surface area contributed by atoms with Gasteiger partial charge >= 0.3 is 0 Å². The van der Waals surface area contributed by atoms with Crippen molar-refractivity contribution in [2.24, 2.45) is 11.8 Å². The van der Waals surface area contributed by atoms with Crippen molar-refractivity contribution in [3.8, 4) is 0 Å². The predicted molar refractivity (Wildman–Crippen MR) is 92.4 cm³/mol. The van der Waals surface area contributed by atoms with E-state index in [0.717, 1.165) is 24.9 Å². The lowest BCUT2D eigenvalue weighted by molar-refractivity contribution is 0.146. The van der Waals surface area contributed by atoms with Crippen LogP contribution in [0.25, 0.3) is 0 Å². The highest BCUT2D eigenvalue weighted by atomic mass is 35.5. The van der Waals surface area contributed by atoms with Crippen molar-refractivity contribution in [1.82, 2.24) is 5.32 Å². The van der Waals surface area contributed by atoms with Gasteiger partial charge in [-0.05, 0) is 43.0 Å². The molecule has 1 aromatic carbocycles. The highest BCUT2D eigenvalue weighted by Crippen LogP contribution is 2.39. The Labute approximate surface area is 138 Å². The van der Waals surface area contributed by atoms with Crippen LogP contribution in [-0.4, -0.2) is 25.3 Å². The van der Waals surface area contributed by atoms with Gasteiger partial charge in [-0.15, -0.1) is 0 Å². The van der Waals surface area contributed by atoms with Gasteiger partial charge in [0, 0.05) is 18.6 Å². The molecule has 0 amide bonds. The maximum atomic E-state index is 9.76. The maximum absolute atomic E-state index is 9.76. The first-order chi connectivity index (χ1) is 9.87. The Balaban J connectivity index is 3.27. The zero-order valence-electron chi connectivity index (χ0n) is 13.4. The van der Waals surface area contributed by atoms with Crippen molar-refractivity contribution in [1.29, 1.82) is 0 Å².